The molecular weight excluding hydrogens is 341 g/mol. The average molecular weight is 362 g/mol. The molecule has 4 heteroatoms. The fourth-order valence-corrected chi connectivity index (χ4v) is 3.40. The number of hydrogen-bond acceptors (Lipinski definition) is 2. The van der Waals surface area contributed by atoms with Gasteiger partial charge >= 0.3 is 0 Å². The van der Waals surface area contributed by atoms with Gasteiger partial charge in [0.15, 0.2) is 11.5 Å². The predicted octanol–water partition coefficient (Wildman–Crippen LogP) is 1.82. The lowest BCUT2D eigenvalue weighted by molar-refractivity contribution is -0.922. The smallest absolute Gasteiger partial charge is 0.171 e. The molecule has 1 aliphatic rings. The molecule has 1 fully saturated rings. The number of phenolic OH excluding ortho intramolecular Hbond substituents is 1. The molecule has 1 aromatic carbocycles. The Morgan fingerprint density at radius 3 is 2.94 bits per heavy atom. The third-order valence-corrected chi connectivity index (χ3v) is 4.45. The summed E-state index contributed by atoms with van der Waals surface area (Å²) in [5.74, 6) is 1.66. The molecule has 0 spiro atoms. The summed E-state index contributed by atoms with van der Waals surface area (Å²) in [6.45, 7) is 5.86. The van der Waals surface area contributed by atoms with Gasteiger partial charge in [-0.1, -0.05) is 6.92 Å². The van der Waals surface area contributed by atoms with Crippen LogP contribution in [0.4, 0.5) is 0 Å². The molecule has 0 amide bonds. The molecule has 0 aromatic heterocycles. The van der Waals surface area contributed by atoms with Crippen molar-refractivity contribution in [1.29, 1.82) is 0 Å². The molecule has 1 unspecified atom stereocenters. The van der Waals surface area contributed by atoms with Crippen molar-refractivity contribution in [3.8, 4) is 11.5 Å². The van der Waals surface area contributed by atoms with E-state index in [2.05, 4.69) is 35.6 Å². The van der Waals surface area contributed by atoms with Crippen LogP contribution in [0.25, 0.3) is 0 Å². The van der Waals surface area contributed by atoms with E-state index in [0.717, 1.165) is 16.0 Å². The fraction of sp³-hybridized carbons (Fsp3) is 0.571. The SMILES string of the molecule is COc1cc(C[NH+]2CCC[C@@H](C)C2)cc(I)c1O. The lowest BCUT2D eigenvalue weighted by atomic mass is 10.00. The third kappa shape index (κ3) is 3.29. The van der Waals surface area contributed by atoms with Crippen LogP contribution in [-0.4, -0.2) is 25.3 Å². The van der Waals surface area contributed by atoms with Crippen molar-refractivity contribution < 1.29 is 14.7 Å². The van der Waals surface area contributed by atoms with Crippen LogP contribution in [0.1, 0.15) is 25.3 Å². The Balaban J connectivity index is 2.11. The van der Waals surface area contributed by atoms with Gasteiger partial charge in [0.2, 0.25) is 0 Å². The van der Waals surface area contributed by atoms with E-state index in [1.165, 1.54) is 31.5 Å². The molecule has 1 heterocycles. The number of methoxy groups -OCH3 is 1. The van der Waals surface area contributed by atoms with Crippen molar-refractivity contribution in [2.24, 2.45) is 5.92 Å². The number of likely N-dealkylation sites (tertiary alicyclic amines) is 1. The number of quaternary nitrogens is 1. The van der Waals surface area contributed by atoms with Crippen LogP contribution in [0.2, 0.25) is 0 Å². The largest absolute Gasteiger partial charge is 0.504 e. The maximum absolute atomic E-state index is 9.83. The van der Waals surface area contributed by atoms with Crippen molar-refractivity contribution in [3.05, 3.63) is 21.3 Å². The zero-order valence-corrected chi connectivity index (χ0v) is 13.2. The highest BCUT2D eigenvalue weighted by molar-refractivity contribution is 14.1. The number of benzene rings is 1. The van der Waals surface area contributed by atoms with Crippen molar-refractivity contribution in [2.45, 2.75) is 26.3 Å². The number of rotatable bonds is 3. The third-order valence-electron chi connectivity index (χ3n) is 3.63. The van der Waals surface area contributed by atoms with E-state index in [4.69, 9.17) is 4.74 Å². The van der Waals surface area contributed by atoms with Gasteiger partial charge in [0.25, 0.3) is 0 Å². The quantitative estimate of drug-likeness (QED) is 0.805. The summed E-state index contributed by atoms with van der Waals surface area (Å²) in [5.41, 5.74) is 1.25. The molecule has 1 aliphatic heterocycles. The Labute approximate surface area is 122 Å². The summed E-state index contributed by atoms with van der Waals surface area (Å²) in [6.07, 6.45) is 2.68. The molecule has 18 heavy (non-hydrogen) atoms. The van der Waals surface area contributed by atoms with E-state index >= 15 is 0 Å². The molecule has 0 radical (unpaired) electrons. The van der Waals surface area contributed by atoms with Crippen LogP contribution < -0.4 is 9.64 Å². The van der Waals surface area contributed by atoms with Gasteiger partial charge in [0.05, 0.1) is 23.8 Å². The minimum absolute atomic E-state index is 0.254. The zero-order valence-electron chi connectivity index (χ0n) is 11.0. The van der Waals surface area contributed by atoms with Crippen molar-refractivity contribution >= 4 is 22.6 Å². The van der Waals surface area contributed by atoms with Gasteiger partial charge in [-0.25, -0.2) is 0 Å². The van der Waals surface area contributed by atoms with E-state index in [-0.39, 0.29) is 5.75 Å². The Hall–Kier alpha value is -0.490. The molecule has 0 aliphatic carbocycles. The van der Waals surface area contributed by atoms with Crippen LogP contribution in [0, 0.1) is 9.49 Å². The molecule has 1 saturated heterocycles. The lowest BCUT2D eigenvalue weighted by Gasteiger charge is -2.28. The summed E-state index contributed by atoms with van der Waals surface area (Å²) < 4.78 is 6.08. The van der Waals surface area contributed by atoms with Gasteiger partial charge in [-0.15, -0.1) is 0 Å². The summed E-state index contributed by atoms with van der Waals surface area (Å²) >= 11 is 2.16. The highest BCUT2D eigenvalue weighted by atomic mass is 127. The predicted molar refractivity (Wildman–Crippen MR) is 80.2 cm³/mol. The maximum Gasteiger partial charge on any atom is 0.171 e. The molecule has 0 saturated carbocycles. The van der Waals surface area contributed by atoms with E-state index in [1.807, 2.05) is 6.07 Å². The van der Waals surface area contributed by atoms with E-state index in [9.17, 15) is 5.11 Å². The first-order chi connectivity index (χ1) is 8.60. The lowest BCUT2D eigenvalue weighted by Crippen LogP contribution is -3.12. The van der Waals surface area contributed by atoms with Gasteiger partial charge in [-0.2, -0.15) is 0 Å². The van der Waals surface area contributed by atoms with Crippen LogP contribution in [0.3, 0.4) is 0 Å². The maximum atomic E-state index is 9.83. The molecular formula is C14H21INO2+. The molecule has 3 nitrogen and oxygen atoms in total. The number of hydrogen-bond donors (Lipinski definition) is 2. The Morgan fingerprint density at radius 1 is 1.50 bits per heavy atom. The normalized spacial score (nSPS) is 23.9. The summed E-state index contributed by atoms with van der Waals surface area (Å²) in [6, 6.07) is 4.02. The Kier molecular flexibility index (Phi) is 4.72. The van der Waals surface area contributed by atoms with Gasteiger partial charge in [-0.3, -0.25) is 0 Å². The Bertz CT molecular complexity index is 423. The van der Waals surface area contributed by atoms with Crippen molar-refractivity contribution in [1.82, 2.24) is 0 Å². The minimum Gasteiger partial charge on any atom is -0.504 e. The standard InChI is InChI=1S/C14H20INO2/c1-10-4-3-5-16(8-10)9-11-6-12(15)14(17)13(7-11)18-2/h6-7,10,17H,3-5,8-9H2,1-2H3/p+1/t10-/m1/s1. The number of halogens is 1. The van der Waals surface area contributed by atoms with Gasteiger partial charge < -0.3 is 14.7 Å². The topological polar surface area (TPSA) is 33.9 Å². The second-order valence-corrected chi connectivity index (χ2v) is 6.42. The summed E-state index contributed by atoms with van der Waals surface area (Å²) in [5, 5.41) is 9.83. The highest BCUT2D eigenvalue weighted by Gasteiger charge is 2.20. The van der Waals surface area contributed by atoms with Crippen molar-refractivity contribution in [3.63, 3.8) is 0 Å². The second kappa shape index (κ2) is 6.10. The minimum atomic E-state index is 0.254. The fourth-order valence-electron chi connectivity index (χ4n) is 2.73. The Morgan fingerprint density at radius 2 is 2.28 bits per heavy atom. The van der Waals surface area contributed by atoms with Gasteiger partial charge in [-0.05, 0) is 47.6 Å². The molecule has 2 N–H and O–H groups in total. The van der Waals surface area contributed by atoms with Gasteiger partial charge in [0.1, 0.15) is 6.54 Å². The summed E-state index contributed by atoms with van der Waals surface area (Å²) in [4.78, 5) is 1.64. The number of phenols is 1. The molecule has 2 atom stereocenters. The molecule has 0 bridgehead atoms. The number of nitrogens with one attached hydrogen (secondary N) is 1. The van der Waals surface area contributed by atoms with Gasteiger partial charge in [0, 0.05) is 11.5 Å². The molecule has 1 aromatic rings. The monoisotopic (exact) mass is 362 g/mol. The first-order valence-electron chi connectivity index (χ1n) is 6.49. The molecule has 100 valence electrons. The second-order valence-electron chi connectivity index (χ2n) is 5.26. The molecule has 2 rings (SSSR count). The first kappa shape index (κ1) is 13.9. The number of ether oxygens (including phenoxy) is 1. The highest BCUT2D eigenvalue weighted by Crippen LogP contribution is 2.32. The average Bonchev–Trinajstić information content (AvgIpc) is 2.33. The summed E-state index contributed by atoms with van der Waals surface area (Å²) in [7, 11) is 1.60. The number of aromatic hydroxyl groups is 1. The zero-order chi connectivity index (χ0) is 13.1. The first-order valence-corrected chi connectivity index (χ1v) is 7.57. The van der Waals surface area contributed by atoms with E-state index < -0.39 is 0 Å². The van der Waals surface area contributed by atoms with Crippen molar-refractivity contribution in [2.75, 3.05) is 20.2 Å². The van der Waals surface area contributed by atoms with Crippen LogP contribution in [0.5, 0.6) is 11.5 Å². The van der Waals surface area contributed by atoms with E-state index in [1.54, 1.807) is 12.0 Å². The van der Waals surface area contributed by atoms with Crippen LogP contribution in [-0.2, 0) is 6.54 Å². The van der Waals surface area contributed by atoms with Crippen LogP contribution >= 0.6 is 22.6 Å². The van der Waals surface area contributed by atoms with Crippen LogP contribution in [0.15, 0.2) is 12.1 Å². The van der Waals surface area contributed by atoms with E-state index in [0.29, 0.717) is 5.75 Å². The number of piperidine rings is 1.